The van der Waals surface area contributed by atoms with E-state index in [1.165, 1.54) is 21.0 Å². The molecule has 16 heavy (non-hydrogen) atoms. The first kappa shape index (κ1) is 15.3. The topological polar surface area (TPSA) is 69.7 Å². The van der Waals surface area contributed by atoms with Crippen LogP contribution in [-0.2, 0) is 15.0 Å². The highest BCUT2D eigenvalue weighted by atomic mass is 32.2. The van der Waals surface area contributed by atoms with Crippen LogP contribution in [0.5, 0.6) is 0 Å². The molecule has 1 N–H and O–H groups in total. The van der Waals surface area contributed by atoms with Gasteiger partial charge in [-0.15, -0.1) is 0 Å². The van der Waals surface area contributed by atoms with E-state index in [1.807, 2.05) is 6.92 Å². The van der Waals surface area contributed by atoms with Gasteiger partial charge in [0.25, 0.3) is 10.2 Å². The zero-order chi connectivity index (χ0) is 12.8. The molecule has 7 heteroatoms. The van der Waals surface area contributed by atoms with Crippen LogP contribution < -0.4 is 4.72 Å². The fraction of sp³-hybridized carbons (Fsp3) is 0.889. The molecule has 0 spiro atoms. The van der Waals surface area contributed by atoms with Gasteiger partial charge in [0, 0.05) is 40.7 Å². The van der Waals surface area contributed by atoms with Crippen LogP contribution in [0, 0.1) is 0 Å². The van der Waals surface area contributed by atoms with Crippen molar-refractivity contribution >= 4 is 16.1 Å². The molecule has 0 aromatic carbocycles. The quantitative estimate of drug-likeness (QED) is 0.672. The van der Waals surface area contributed by atoms with E-state index < -0.39 is 10.2 Å². The molecule has 0 saturated heterocycles. The average molecular weight is 251 g/mol. The van der Waals surface area contributed by atoms with Crippen molar-refractivity contribution in [3.63, 3.8) is 0 Å². The Balaban J connectivity index is 4.10. The Bertz CT molecular complexity index is 314. The van der Waals surface area contributed by atoms with Crippen LogP contribution in [0.2, 0.25) is 0 Å². The number of hydrogen-bond acceptors (Lipinski definition) is 3. The van der Waals surface area contributed by atoms with Crippen LogP contribution in [0.4, 0.5) is 0 Å². The molecule has 96 valence electrons. The SMILES string of the molecule is CCCN(CCNS(=O)(=O)N(C)C)C(C)=O. The molecular formula is C9H21N3O3S. The van der Waals surface area contributed by atoms with E-state index in [2.05, 4.69) is 4.72 Å². The number of amides is 1. The van der Waals surface area contributed by atoms with Gasteiger partial charge in [-0.2, -0.15) is 12.7 Å². The van der Waals surface area contributed by atoms with Gasteiger partial charge in [0.15, 0.2) is 0 Å². The summed E-state index contributed by atoms with van der Waals surface area (Å²) in [5.74, 6) is -0.0362. The molecular weight excluding hydrogens is 230 g/mol. The van der Waals surface area contributed by atoms with Gasteiger partial charge >= 0.3 is 0 Å². The molecule has 0 radical (unpaired) electrons. The number of nitrogens with one attached hydrogen (secondary N) is 1. The summed E-state index contributed by atoms with van der Waals surface area (Å²) < 4.78 is 26.2. The Kier molecular flexibility index (Phi) is 6.54. The van der Waals surface area contributed by atoms with Gasteiger partial charge in [0.05, 0.1) is 0 Å². The molecule has 0 aromatic rings. The molecule has 0 unspecified atom stereocenters. The third-order valence-electron chi connectivity index (χ3n) is 2.09. The van der Waals surface area contributed by atoms with Gasteiger partial charge in [0.1, 0.15) is 0 Å². The summed E-state index contributed by atoms with van der Waals surface area (Å²) in [6.07, 6.45) is 0.861. The van der Waals surface area contributed by atoms with E-state index in [0.29, 0.717) is 13.1 Å². The lowest BCUT2D eigenvalue weighted by Gasteiger charge is -2.21. The maximum Gasteiger partial charge on any atom is 0.278 e. The van der Waals surface area contributed by atoms with E-state index in [1.54, 1.807) is 4.90 Å². The van der Waals surface area contributed by atoms with Gasteiger partial charge < -0.3 is 4.90 Å². The summed E-state index contributed by atoms with van der Waals surface area (Å²) in [4.78, 5) is 12.8. The van der Waals surface area contributed by atoms with Crippen LogP contribution >= 0.6 is 0 Å². The molecule has 0 bridgehead atoms. The minimum absolute atomic E-state index is 0.0362. The van der Waals surface area contributed by atoms with E-state index >= 15 is 0 Å². The monoisotopic (exact) mass is 251 g/mol. The van der Waals surface area contributed by atoms with E-state index in [0.717, 1.165) is 10.7 Å². The molecule has 0 fully saturated rings. The fourth-order valence-corrected chi connectivity index (χ4v) is 1.74. The van der Waals surface area contributed by atoms with Crippen LogP contribution in [0.15, 0.2) is 0 Å². The van der Waals surface area contributed by atoms with Gasteiger partial charge in [-0.3, -0.25) is 4.79 Å². The Morgan fingerprint density at radius 3 is 2.19 bits per heavy atom. The maximum absolute atomic E-state index is 11.4. The van der Waals surface area contributed by atoms with Crippen molar-refractivity contribution in [3.8, 4) is 0 Å². The molecule has 0 rings (SSSR count). The summed E-state index contributed by atoms with van der Waals surface area (Å²) in [5.41, 5.74) is 0. The van der Waals surface area contributed by atoms with E-state index in [9.17, 15) is 13.2 Å². The van der Waals surface area contributed by atoms with Crippen LogP contribution in [-0.4, -0.2) is 57.3 Å². The van der Waals surface area contributed by atoms with Gasteiger partial charge in [-0.1, -0.05) is 6.92 Å². The third-order valence-corrected chi connectivity index (χ3v) is 3.62. The summed E-state index contributed by atoms with van der Waals surface area (Å²) >= 11 is 0. The van der Waals surface area contributed by atoms with Gasteiger partial charge in [0.2, 0.25) is 5.91 Å². The minimum Gasteiger partial charge on any atom is -0.342 e. The van der Waals surface area contributed by atoms with Gasteiger partial charge in [-0.05, 0) is 6.42 Å². The number of nitrogens with zero attached hydrogens (tertiary/aromatic N) is 2. The molecule has 0 aliphatic rings. The second-order valence-electron chi connectivity index (χ2n) is 3.69. The Morgan fingerprint density at radius 1 is 1.25 bits per heavy atom. The number of carbonyl (C=O) groups excluding carboxylic acids is 1. The van der Waals surface area contributed by atoms with Crippen molar-refractivity contribution in [1.82, 2.24) is 13.9 Å². The summed E-state index contributed by atoms with van der Waals surface area (Å²) in [5, 5.41) is 0. The lowest BCUT2D eigenvalue weighted by atomic mass is 10.4. The standard InChI is InChI=1S/C9H21N3O3S/c1-5-7-12(9(2)13)8-6-10-16(14,15)11(3)4/h10H,5-8H2,1-4H3. The first-order valence-corrected chi connectivity index (χ1v) is 6.68. The first-order valence-electron chi connectivity index (χ1n) is 5.24. The number of rotatable bonds is 7. The van der Waals surface area contributed by atoms with Crippen molar-refractivity contribution in [2.24, 2.45) is 0 Å². The number of carbonyl (C=O) groups is 1. The largest absolute Gasteiger partial charge is 0.342 e. The fourth-order valence-electron chi connectivity index (χ4n) is 1.14. The summed E-state index contributed by atoms with van der Waals surface area (Å²) in [6, 6.07) is 0. The Labute approximate surface area is 97.8 Å². The van der Waals surface area contributed by atoms with Crippen LogP contribution in [0.1, 0.15) is 20.3 Å². The van der Waals surface area contributed by atoms with Crippen LogP contribution in [0.25, 0.3) is 0 Å². The van der Waals surface area contributed by atoms with E-state index in [-0.39, 0.29) is 12.5 Å². The Hall–Kier alpha value is -0.660. The van der Waals surface area contributed by atoms with Crippen molar-refractivity contribution in [1.29, 1.82) is 0 Å². The highest BCUT2D eigenvalue weighted by molar-refractivity contribution is 7.87. The zero-order valence-corrected chi connectivity index (χ0v) is 11.2. The lowest BCUT2D eigenvalue weighted by molar-refractivity contribution is -0.128. The summed E-state index contributed by atoms with van der Waals surface area (Å²) in [7, 11) is -0.478. The predicted octanol–water partition coefficient (Wildman–Crippen LogP) is -0.359. The van der Waals surface area contributed by atoms with Crippen molar-refractivity contribution < 1.29 is 13.2 Å². The molecule has 1 amide bonds. The average Bonchev–Trinajstić information content (AvgIpc) is 2.15. The molecule has 0 aliphatic carbocycles. The first-order chi connectivity index (χ1) is 7.31. The maximum atomic E-state index is 11.4. The smallest absolute Gasteiger partial charge is 0.278 e. The van der Waals surface area contributed by atoms with Crippen molar-refractivity contribution in [3.05, 3.63) is 0 Å². The third kappa shape index (κ3) is 5.43. The number of hydrogen-bond donors (Lipinski definition) is 1. The molecule has 6 nitrogen and oxygen atoms in total. The second kappa shape index (κ2) is 6.82. The molecule has 0 aromatic heterocycles. The molecule has 0 heterocycles. The zero-order valence-electron chi connectivity index (χ0n) is 10.4. The lowest BCUT2D eigenvalue weighted by Crippen LogP contribution is -2.41. The van der Waals surface area contributed by atoms with Crippen molar-refractivity contribution in [2.75, 3.05) is 33.7 Å². The highest BCUT2D eigenvalue weighted by Gasteiger charge is 2.13. The van der Waals surface area contributed by atoms with E-state index in [4.69, 9.17) is 0 Å². The highest BCUT2D eigenvalue weighted by Crippen LogP contribution is 1.93. The molecule has 0 saturated carbocycles. The van der Waals surface area contributed by atoms with Gasteiger partial charge in [-0.25, -0.2) is 4.72 Å². The minimum atomic E-state index is -3.39. The van der Waals surface area contributed by atoms with Crippen LogP contribution in [0.3, 0.4) is 0 Å². The molecule has 0 atom stereocenters. The molecule has 0 aliphatic heterocycles. The Morgan fingerprint density at radius 2 is 1.81 bits per heavy atom. The second-order valence-corrected chi connectivity index (χ2v) is 5.66. The summed E-state index contributed by atoms with van der Waals surface area (Å²) in [6.45, 7) is 4.74. The predicted molar refractivity (Wildman–Crippen MR) is 63.2 cm³/mol. The van der Waals surface area contributed by atoms with Crippen molar-refractivity contribution in [2.45, 2.75) is 20.3 Å². The normalized spacial score (nSPS) is 11.8.